The van der Waals surface area contributed by atoms with E-state index >= 15 is 0 Å². The summed E-state index contributed by atoms with van der Waals surface area (Å²) in [6.45, 7) is 14.2. The first-order valence-electron chi connectivity index (χ1n) is 11.2. The minimum Gasteiger partial charge on any atom is -0.273 e. The van der Waals surface area contributed by atoms with E-state index in [4.69, 9.17) is 0 Å². The summed E-state index contributed by atoms with van der Waals surface area (Å²) in [5.74, 6) is 0. The summed E-state index contributed by atoms with van der Waals surface area (Å²) < 4.78 is 0. The summed E-state index contributed by atoms with van der Waals surface area (Å²) >= 11 is 0. The van der Waals surface area contributed by atoms with Crippen molar-refractivity contribution in [1.29, 1.82) is 0 Å². The van der Waals surface area contributed by atoms with Crippen LogP contribution in [-0.2, 0) is 25.8 Å². The van der Waals surface area contributed by atoms with E-state index in [1.807, 2.05) is 0 Å². The second-order valence-corrected chi connectivity index (χ2v) is 21.7. The van der Waals surface area contributed by atoms with E-state index in [-0.39, 0.29) is 60.2 Å². The fourth-order valence-corrected chi connectivity index (χ4v) is 6.84. The van der Waals surface area contributed by atoms with Crippen molar-refractivity contribution in [2.75, 3.05) is 0 Å². The Kier molecular flexibility index (Phi) is 18.7. The van der Waals surface area contributed by atoms with Gasteiger partial charge in [0.25, 0.3) is 0 Å². The van der Waals surface area contributed by atoms with E-state index in [0.717, 1.165) is 12.8 Å². The molecule has 0 heterocycles. The van der Waals surface area contributed by atoms with Crippen LogP contribution in [0.3, 0.4) is 0 Å². The quantitative estimate of drug-likeness (QED) is 0.237. The van der Waals surface area contributed by atoms with Crippen molar-refractivity contribution in [3.8, 4) is 0 Å². The summed E-state index contributed by atoms with van der Waals surface area (Å²) in [5.41, 5.74) is 0. The van der Waals surface area contributed by atoms with Crippen LogP contribution >= 0.6 is 24.8 Å². The van der Waals surface area contributed by atoms with Crippen LogP contribution in [0.15, 0.2) is 95.4 Å². The van der Waals surface area contributed by atoms with E-state index in [1.165, 1.54) is 10.4 Å². The summed E-state index contributed by atoms with van der Waals surface area (Å²) in [6, 6.07) is 21.3. The SMILES string of the molecule is C[Si](C)(C)C1=CC[C-]=C1.C[Si](C)(C)C1=CC[C-]=C1.Cl.Cl.[Hf].c1ccc([SiH]c2ccccc2)cc1. The molecule has 0 N–H and O–H groups in total. The maximum Gasteiger partial charge on any atom is 0.103 e. The summed E-state index contributed by atoms with van der Waals surface area (Å²) in [7, 11) is -1.69. The van der Waals surface area contributed by atoms with Crippen molar-refractivity contribution < 1.29 is 25.8 Å². The van der Waals surface area contributed by atoms with Gasteiger partial charge in [-0.25, -0.2) is 22.5 Å². The average Bonchev–Trinajstić information content (AvgIpc) is 3.44. The Morgan fingerprint density at radius 2 is 0.912 bits per heavy atom. The zero-order chi connectivity index (χ0) is 22.7. The van der Waals surface area contributed by atoms with Crippen LogP contribution in [0.5, 0.6) is 0 Å². The zero-order valence-electron chi connectivity index (χ0n) is 21.4. The first kappa shape index (κ1) is 35.7. The predicted octanol–water partition coefficient (Wildman–Crippen LogP) is 7.02. The Balaban J connectivity index is 0. The van der Waals surface area contributed by atoms with Gasteiger partial charge in [-0.3, -0.25) is 12.2 Å². The van der Waals surface area contributed by atoms with Crippen LogP contribution in [0.2, 0.25) is 39.3 Å². The molecule has 0 unspecified atom stereocenters. The van der Waals surface area contributed by atoms with E-state index in [1.54, 1.807) is 10.4 Å². The molecular formula is C28H39Cl2HfSi3-2. The van der Waals surface area contributed by atoms with E-state index in [2.05, 4.69) is 136 Å². The molecule has 2 aromatic rings. The Hall–Kier alpha value is -0.499. The van der Waals surface area contributed by atoms with Crippen molar-refractivity contribution in [2.24, 2.45) is 0 Å². The molecule has 2 aromatic carbocycles. The normalized spacial score (nSPS) is 13.5. The van der Waals surface area contributed by atoms with E-state index in [9.17, 15) is 0 Å². The molecule has 0 atom stereocenters. The van der Waals surface area contributed by atoms with Crippen LogP contribution in [0.25, 0.3) is 0 Å². The molecule has 6 heteroatoms. The van der Waals surface area contributed by atoms with Gasteiger partial charge in [0, 0.05) is 25.8 Å². The van der Waals surface area contributed by atoms with Crippen molar-refractivity contribution in [1.82, 2.24) is 0 Å². The fraction of sp³-hybridized carbons (Fsp3) is 0.286. The molecule has 0 saturated heterocycles. The number of allylic oxidation sites excluding steroid dienone is 8. The standard InChI is InChI=1S/C12H11Si.2C8H13Si.2ClH.Hf/c1-3-7-11(8-4-1)13-12-9-5-2-6-10-12;2*1-9(2,3)8-6-4-5-7-8;;;/h1-10,13H;2*6-7H,4H2,1-3H3;2*1H;/q;2*-1;;;. The molecule has 0 amide bonds. The van der Waals surface area contributed by atoms with Crippen molar-refractivity contribution in [3.63, 3.8) is 0 Å². The van der Waals surface area contributed by atoms with Gasteiger partial charge < -0.3 is 0 Å². The molecule has 0 saturated carbocycles. The monoisotopic (exact) mass is 709 g/mol. The molecule has 2 aliphatic rings. The van der Waals surface area contributed by atoms with E-state index < -0.39 is 16.1 Å². The number of hydrogen-bond donors (Lipinski definition) is 0. The van der Waals surface area contributed by atoms with Crippen molar-refractivity contribution in [2.45, 2.75) is 52.1 Å². The van der Waals surface area contributed by atoms with Gasteiger partial charge in [0.1, 0.15) is 9.52 Å². The van der Waals surface area contributed by atoms with Gasteiger partial charge in [0.05, 0.1) is 0 Å². The van der Waals surface area contributed by atoms with Crippen LogP contribution in [0, 0.1) is 12.2 Å². The zero-order valence-corrected chi connectivity index (χ0v) is 29.8. The first-order valence-corrected chi connectivity index (χ1v) is 19.3. The smallest absolute Gasteiger partial charge is 0.103 e. The maximum absolute atomic E-state index is 3.20. The molecule has 0 aliphatic heterocycles. The largest absolute Gasteiger partial charge is 0.273 e. The topological polar surface area (TPSA) is 0 Å². The summed E-state index contributed by atoms with van der Waals surface area (Å²) in [4.78, 5) is 0. The van der Waals surface area contributed by atoms with Crippen molar-refractivity contribution >= 4 is 60.9 Å². The Morgan fingerprint density at radius 3 is 1.12 bits per heavy atom. The number of benzene rings is 2. The van der Waals surface area contributed by atoms with Gasteiger partial charge in [-0.15, -0.1) is 37.7 Å². The van der Waals surface area contributed by atoms with Gasteiger partial charge in [0.15, 0.2) is 0 Å². The molecule has 1 radical (unpaired) electrons. The molecule has 0 fully saturated rings. The summed E-state index contributed by atoms with van der Waals surface area (Å²) in [6.07, 6.45) is 17.4. The Morgan fingerprint density at radius 1 is 0.588 bits per heavy atom. The van der Waals surface area contributed by atoms with Crippen LogP contribution in [0.1, 0.15) is 12.8 Å². The molecule has 0 nitrogen and oxygen atoms in total. The van der Waals surface area contributed by atoms with Gasteiger partial charge in [-0.1, -0.05) is 110 Å². The van der Waals surface area contributed by atoms with Crippen LogP contribution in [-0.4, -0.2) is 25.7 Å². The minimum absolute atomic E-state index is 0. The molecule has 4 rings (SSSR count). The third-order valence-corrected chi connectivity index (χ3v) is 10.7. The van der Waals surface area contributed by atoms with Crippen LogP contribution < -0.4 is 10.4 Å². The van der Waals surface area contributed by atoms with E-state index in [0.29, 0.717) is 0 Å². The van der Waals surface area contributed by atoms with Crippen LogP contribution in [0.4, 0.5) is 0 Å². The third-order valence-electron chi connectivity index (χ3n) is 5.06. The first-order chi connectivity index (χ1) is 14.7. The number of rotatable bonds is 4. The van der Waals surface area contributed by atoms with Gasteiger partial charge in [-0.2, -0.15) is 12.2 Å². The van der Waals surface area contributed by atoms with Gasteiger partial charge in [-0.05, 0) is 16.1 Å². The molecule has 0 spiro atoms. The molecule has 183 valence electrons. The number of hydrogen-bond acceptors (Lipinski definition) is 0. The molecule has 34 heavy (non-hydrogen) atoms. The molecule has 0 aromatic heterocycles. The van der Waals surface area contributed by atoms with Gasteiger partial charge in [0.2, 0.25) is 0 Å². The minimum atomic E-state index is -0.981. The van der Waals surface area contributed by atoms with Gasteiger partial charge >= 0.3 is 0 Å². The molecular weight excluding hydrogens is 670 g/mol. The Labute approximate surface area is 244 Å². The second kappa shape index (κ2) is 17.9. The predicted molar refractivity (Wildman–Crippen MR) is 162 cm³/mol. The summed E-state index contributed by atoms with van der Waals surface area (Å²) in [5, 5.41) is 6.02. The molecule has 0 bridgehead atoms. The number of halogens is 2. The third kappa shape index (κ3) is 14.2. The maximum atomic E-state index is 3.20. The second-order valence-electron chi connectivity index (χ2n) is 9.89. The van der Waals surface area contributed by atoms with Crippen molar-refractivity contribution in [3.05, 3.63) is 108 Å². The fourth-order valence-electron chi connectivity index (χ4n) is 3.13. The average molecular weight is 709 g/mol. The Bertz CT molecular complexity index is 846. The molecule has 2 aliphatic carbocycles.